The van der Waals surface area contributed by atoms with Crippen LogP contribution in [0.4, 0.5) is 5.69 Å². The van der Waals surface area contributed by atoms with Gasteiger partial charge >= 0.3 is 0 Å². The number of methoxy groups -OCH3 is 1. The van der Waals surface area contributed by atoms with Crippen LogP contribution in [0.5, 0.6) is 11.5 Å². The fourth-order valence-corrected chi connectivity index (χ4v) is 5.31. The van der Waals surface area contributed by atoms with Gasteiger partial charge in [-0.2, -0.15) is 0 Å². The lowest BCUT2D eigenvalue weighted by Crippen LogP contribution is -2.41. The molecule has 0 spiro atoms. The Hall–Kier alpha value is -3.17. The number of para-hydroxylation sites is 1. The number of ether oxygens (including phenoxy) is 2. The van der Waals surface area contributed by atoms with Crippen LogP contribution in [0.2, 0.25) is 0 Å². The molecule has 7 nitrogen and oxygen atoms in total. The summed E-state index contributed by atoms with van der Waals surface area (Å²) in [5.41, 5.74) is 1.20. The third-order valence-electron chi connectivity index (χ3n) is 5.39. The number of hydrogen-bond acceptors (Lipinski definition) is 6. The first-order valence-corrected chi connectivity index (χ1v) is 13.7. The summed E-state index contributed by atoms with van der Waals surface area (Å²) in [5.74, 6) is 0.934. The van der Waals surface area contributed by atoms with E-state index in [0.717, 1.165) is 14.8 Å². The van der Waals surface area contributed by atoms with E-state index < -0.39 is 10.0 Å². The van der Waals surface area contributed by atoms with Crippen LogP contribution in [0, 0.1) is 0 Å². The summed E-state index contributed by atoms with van der Waals surface area (Å²) in [7, 11) is -0.791. The van der Waals surface area contributed by atoms with E-state index in [0.29, 0.717) is 23.8 Å². The second-order valence-electron chi connectivity index (χ2n) is 7.68. The van der Waals surface area contributed by atoms with Gasteiger partial charge in [0.25, 0.3) is 10.0 Å². The number of hydrogen-bond donors (Lipinski definition) is 0. The molecule has 0 atom stereocenters. The molecule has 186 valence electrons. The van der Waals surface area contributed by atoms with Crippen molar-refractivity contribution in [2.75, 3.05) is 37.9 Å². The minimum absolute atomic E-state index is 0.115. The Kier molecular flexibility index (Phi) is 9.06. The number of likely N-dealkylation sites (N-methyl/N-ethyl adjacent to an activating group) is 1. The second kappa shape index (κ2) is 12.0. The lowest BCUT2D eigenvalue weighted by atomic mass is 10.2. The molecule has 0 heterocycles. The van der Waals surface area contributed by atoms with Crippen LogP contribution in [0.15, 0.2) is 82.6 Å². The average molecular weight is 515 g/mol. The molecule has 0 N–H and O–H groups in total. The largest absolute Gasteiger partial charge is 0.496 e. The monoisotopic (exact) mass is 514 g/mol. The van der Waals surface area contributed by atoms with Gasteiger partial charge in [-0.3, -0.25) is 9.10 Å². The molecule has 3 rings (SSSR count). The molecular formula is C26H30N2O5S2. The van der Waals surface area contributed by atoms with Gasteiger partial charge in [0.15, 0.2) is 0 Å². The van der Waals surface area contributed by atoms with Gasteiger partial charge in [0.05, 0.1) is 24.3 Å². The van der Waals surface area contributed by atoms with Crippen molar-refractivity contribution in [2.24, 2.45) is 0 Å². The minimum atomic E-state index is -4.01. The first-order chi connectivity index (χ1) is 16.8. The van der Waals surface area contributed by atoms with Crippen molar-refractivity contribution in [2.45, 2.75) is 23.3 Å². The fourth-order valence-electron chi connectivity index (χ4n) is 3.49. The Morgan fingerprint density at radius 3 is 2.23 bits per heavy atom. The minimum Gasteiger partial charge on any atom is -0.496 e. The van der Waals surface area contributed by atoms with Gasteiger partial charge in [0.2, 0.25) is 5.91 Å². The van der Waals surface area contributed by atoms with E-state index in [4.69, 9.17) is 9.47 Å². The molecule has 3 aromatic carbocycles. The zero-order valence-corrected chi connectivity index (χ0v) is 21.9. The molecule has 0 bridgehead atoms. The number of nitrogens with zero attached hydrogens (tertiary/aromatic N) is 2. The molecule has 0 fully saturated rings. The van der Waals surface area contributed by atoms with Crippen molar-refractivity contribution >= 4 is 33.4 Å². The number of carbonyl (C=O) groups excluding carboxylic acids is 1. The van der Waals surface area contributed by atoms with Gasteiger partial charge < -0.3 is 14.4 Å². The van der Waals surface area contributed by atoms with Gasteiger partial charge in [0, 0.05) is 24.1 Å². The SMILES string of the molecule is CCOc1ccc(N(CC(=O)N(C)Cc2ccccc2OC)S(=O)(=O)c2ccc(SC)cc2)cc1. The summed E-state index contributed by atoms with van der Waals surface area (Å²) in [4.78, 5) is 15.8. The molecule has 0 unspecified atom stereocenters. The Morgan fingerprint density at radius 1 is 0.971 bits per heavy atom. The van der Waals surface area contributed by atoms with E-state index in [-0.39, 0.29) is 23.9 Å². The highest BCUT2D eigenvalue weighted by atomic mass is 32.2. The van der Waals surface area contributed by atoms with Gasteiger partial charge in [0.1, 0.15) is 18.0 Å². The van der Waals surface area contributed by atoms with Crippen LogP contribution in [0.3, 0.4) is 0 Å². The molecular weight excluding hydrogens is 484 g/mol. The van der Waals surface area contributed by atoms with Crippen LogP contribution in [-0.2, 0) is 21.4 Å². The van der Waals surface area contributed by atoms with Crippen LogP contribution in [0.1, 0.15) is 12.5 Å². The molecule has 0 aliphatic carbocycles. The summed E-state index contributed by atoms with van der Waals surface area (Å²) >= 11 is 1.52. The third kappa shape index (κ3) is 6.49. The van der Waals surface area contributed by atoms with E-state index in [9.17, 15) is 13.2 Å². The third-order valence-corrected chi connectivity index (χ3v) is 7.92. The smallest absolute Gasteiger partial charge is 0.264 e. The van der Waals surface area contributed by atoms with Gasteiger partial charge in [-0.25, -0.2) is 8.42 Å². The van der Waals surface area contributed by atoms with Crippen LogP contribution in [-0.4, -0.2) is 52.8 Å². The summed E-state index contributed by atoms with van der Waals surface area (Å²) < 4.78 is 39.3. The first-order valence-electron chi connectivity index (χ1n) is 11.1. The molecule has 0 saturated carbocycles. The standard InChI is InChI=1S/C26H30N2O5S2/c1-5-33-22-12-10-21(11-13-22)28(35(30,31)24-16-14-23(34-4)15-17-24)19-26(29)27(2)18-20-8-6-7-9-25(20)32-3/h6-17H,5,18-19H2,1-4H3. The lowest BCUT2D eigenvalue weighted by molar-refractivity contribution is -0.128. The van der Waals surface area contributed by atoms with Crippen molar-refractivity contribution in [1.82, 2.24) is 4.90 Å². The van der Waals surface area contributed by atoms with Crippen molar-refractivity contribution in [1.29, 1.82) is 0 Å². The molecule has 9 heteroatoms. The second-order valence-corrected chi connectivity index (χ2v) is 10.4. The molecule has 35 heavy (non-hydrogen) atoms. The number of benzene rings is 3. The average Bonchev–Trinajstić information content (AvgIpc) is 2.88. The number of carbonyl (C=O) groups is 1. The topological polar surface area (TPSA) is 76.2 Å². The van der Waals surface area contributed by atoms with Crippen LogP contribution < -0.4 is 13.8 Å². The van der Waals surface area contributed by atoms with Crippen molar-refractivity contribution in [3.8, 4) is 11.5 Å². The number of amides is 1. The summed E-state index contributed by atoms with van der Waals surface area (Å²) in [6, 6.07) is 20.7. The molecule has 0 aromatic heterocycles. The quantitative estimate of drug-likeness (QED) is 0.346. The Bertz CT molecular complexity index is 1230. The predicted molar refractivity (Wildman–Crippen MR) is 140 cm³/mol. The molecule has 0 radical (unpaired) electrons. The van der Waals surface area contributed by atoms with Crippen molar-refractivity contribution < 1.29 is 22.7 Å². The van der Waals surface area contributed by atoms with E-state index in [1.54, 1.807) is 62.7 Å². The maximum atomic E-state index is 13.7. The maximum absolute atomic E-state index is 13.7. The zero-order valence-electron chi connectivity index (χ0n) is 20.3. The normalized spacial score (nSPS) is 11.1. The highest BCUT2D eigenvalue weighted by Gasteiger charge is 2.28. The molecule has 3 aromatic rings. The Labute approximate surface area is 211 Å². The highest BCUT2D eigenvalue weighted by molar-refractivity contribution is 7.98. The van der Waals surface area contributed by atoms with E-state index in [2.05, 4.69) is 0 Å². The maximum Gasteiger partial charge on any atom is 0.264 e. The number of thioether (sulfide) groups is 1. The summed E-state index contributed by atoms with van der Waals surface area (Å²) in [5, 5.41) is 0. The van der Waals surface area contributed by atoms with Crippen molar-refractivity contribution in [3.05, 3.63) is 78.4 Å². The molecule has 1 amide bonds. The molecule has 0 saturated heterocycles. The van der Waals surface area contributed by atoms with Crippen molar-refractivity contribution in [3.63, 3.8) is 0 Å². The predicted octanol–water partition coefficient (Wildman–Crippen LogP) is 4.67. The van der Waals surface area contributed by atoms with E-state index in [1.165, 1.54) is 16.7 Å². The number of sulfonamides is 1. The summed E-state index contributed by atoms with van der Waals surface area (Å²) in [6.07, 6.45) is 1.92. The number of anilines is 1. The van der Waals surface area contributed by atoms with E-state index >= 15 is 0 Å². The highest BCUT2D eigenvalue weighted by Crippen LogP contribution is 2.28. The fraction of sp³-hybridized carbons (Fsp3) is 0.269. The number of rotatable bonds is 11. The van der Waals surface area contributed by atoms with Gasteiger partial charge in [-0.05, 0) is 67.8 Å². The first kappa shape index (κ1) is 26.4. The zero-order chi connectivity index (χ0) is 25.4. The van der Waals surface area contributed by atoms with Crippen LogP contribution in [0.25, 0.3) is 0 Å². The summed E-state index contributed by atoms with van der Waals surface area (Å²) in [6.45, 7) is 2.29. The Balaban J connectivity index is 1.92. The van der Waals surface area contributed by atoms with Crippen LogP contribution >= 0.6 is 11.8 Å². The lowest BCUT2D eigenvalue weighted by Gasteiger charge is -2.27. The molecule has 0 aliphatic rings. The van der Waals surface area contributed by atoms with E-state index in [1.807, 2.05) is 37.4 Å². The molecule has 0 aliphatic heterocycles. The van der Waals surface area contributed by atoms with Gasteiger partial charge in [-0.15, -0.1) is 11.8 Å². The Morgan fingerprint density at radius 2 is 1.63 bits per heavy atom. The van der Waals surface area contributed by atoms with Gasteiger partial charge in [-0.1, -0.05) is 18.2 Å².